The summed E-state index contributed by atoms with van der Waals surface area (Å²) in [7, 11) is 1.48. The molecule has 1 rings (SSSR count). The highest BCUT2D eigenvalue weighted by Crippen LogP contribution is 2.15. The van der Waals surface area contributed by atoms with E-state index >= 15 is 0 Å². The number of methoxy groups -OCH3 is 1. The van der Waals surface area contributed by atoms with Crippen molar-refractivity contribution in [2.45, 2.75) is 25.4 Å². The molecule has 5 heteroatoms. The van der Waals surface area contributed by atoms with Crippen LogP contribution in [0, 0.1) is 0 Å². The summed E-state index contributed by atoms with van der Waals surface area (Å²) in [5, 5.41) is 12.2. The molecule has 0 amide bonds. The average Bonchev–Trinajstić information content (AvgIpc) is 2.30. The lowest BCUT2D eigenvalue weighted by Crippen LogP contribution is -2.53. The molecule has 1 heterocycles. The molecule has 0 fully saturated rings. The van der Waals surface area contributed by atoms with Gasteiger partial charge in [0.2, 0.25) is 0 Å². The van der Waals surface area contributed by atoms with Crippen molar-refractivity contribution in [3.63, 3.8) is 0 Å². The first-order valence-electron chi connectivity index (χ1n) is 5.40. The molecule has 0 bridgehead atoms. The fourth-order valence-corrected chi connectivity index (χ4v) is 1.64. The minimum Gasteiger partial charge on any atom is -0.480 e. The van der Waals surface area contributed by atoms with Crippen molar-refractivity contribution >= 4 is 5.97 Å². The standard InChI is InChI=1S/C12H18N2O3/c1-9(10-6-4-5-7-13-10)14-12(2,8-17-3)11(15)16/h4-7,9,14H,8H2,1-3H3,(H,15,16). The van der Waals surface area contributed by atoms with Crippen molar-refractivity contribution in [3.8, 4) is 0 Å². The topological polar surface area (TPSA) is 71.5 Å². The first-order valence-corrected chi connectivity index (χ1v) is 5.40. The van der Waals surface area contributed by atoms with Crippen LogP contribution in [0.4, 0.5) is 0 Å². The number of nitrogens with zero attached hydrogens (tertiary/aromatic N) is 1. The van der Waals surface area contributed by atoms with Crippen LogP contribution in [0.5, 0.6) is 0 Å². The smallest absolute Gasteiger partial charge is 0.326 e. The number of ether oxygens (including phenoxy) is 1. The molecule has 0 aliphatic heterocycles. The van der Waals surface area contributed by atoms with Crippen molar-refractivity contribution in [2.75, 3.05) is 13.7 Å². The molecule has 94 valence electrons. The maximum atomic E-state index is 11.2. The fourth-order valence-electron chi connectivity index (χ4n) is 1.64. The van der Waals surface area contributed by atoms with Crippen LogP contribution in [0.25, 0.3) is 0 Å². The second-order valence-corrected chi connectivity index (χ2v) is 4.19. The number of rotatable bonds is 6. The quantitative estimate of drug-likeness (QED) is 0.779. The van der Waals surface area contributed by atoms with Crippen molar-refractivity contribution in [3.05, 3.63) is 30.1 Å². The number of aliphatic carboxylic acids is 1. The molecule has 2 N–H and O–H groups in total. The van der Waals surface area contributed by atoms with Gasteiger partial charge in [0.1, 0.15) is 5.54 Å². The molecule has 0 spiro atoms. The second kappa shape index (κ2) is 5.75. The number of carbonyl (C=O) groups is 1. The molecule has 0 aliphatic carbocycles. The third kappa shape index (κ3) is 3.51. The average molecular weight is 238 g/mol. The molecule has 5 nitrogen and oxygen atoms in total. The van der Waals surface area contributed by atoms with Gasteiger partial charge in [-0.3, -0.25) is 15.1 Å². The largest absolute Gasteiger partial charge is 0.480 e. The molecule has 2 atom stereocenters. The van der Waals surface area contributed by atoms with E-state index in [0.29, 0.717) is 0 Å². The number of nitrogens with one attached hydrogen (secondary N) is 1. The summed E-state index contributed by atoms with van der Waals surface area (Å²) < 4.78 is 4.94. The molecule has 0 radical (unpaired) electrons. The van der Waals surface area contributed by atoms with E-state index < -0.39 is 11.5 Å². The Bertz CT molecular complexity index is 369. The maximum absolute atomic E-state index is 11.2. The van der Waals surface area contributed by atoms with Crippen molar-refractivity contribution in [1.29, 1.82) is 0 Å². The normalized spacial score (nSPS) is 16.2. The summed E-state index contributed by atoms with van der Waals surface area (Å²) in [5.41, 5.74) is -0.317. The fraction of sp³-hybridized carbons (Fsp3) is 0.500. The molecular formula is C12H18N2O3. The van der Waals surface area contributed by atoms with Gasteiger partial charge in [-0.2, -0.15) is 0 Å². The third-order valence-corrected chi connectivity index (χ3v) is 2.57. The molecule has 0 aromatic carbocycles. The van der Waals surface area contributed by atoms with Crippen LogP contribution in [0.3, 0.4) is 0 Å². The van der Waals surface area contributed by atoms with E-state index in [1.165, 1.54) is 7.11 Å². The van der Waals surface area contributed by atoms with Crippen molar-refractivity contribution < 1.29 is 14.6 Å². The Labute approximate surface area is 101 Å². The van der Waals surface area contributed by atoms with E-state index in [9.17, 15) is 9.90 Å². The zero-order valence-corrected chi connectivity index (χ0v) is 10.3. The number of hydrogen-bond donors (Lipinski definition) is 2. The zero-order valence-electron chi connectivity index (χ0n) is 10.3. The number of carboxylic acid groups (broad SMARTS) is 1. The van der Waals surface area contributed by atoms with Gasteiger partial charge in [-0.05, 0) is 26.0 Å². The highest BCUT2D eigenvalue weighted by Gasteiger charge is 2.34. The highest BCUT2D eigenvalue weighted by molar-refractivity contribution is 5.78. The monoisotopic (exact) mass is 238 g/mol. The molecule has 0 saturated carbocycles. The number of carboxylic acids is 1. The summed E-state index contributed by atoms with van der Waals surface area (Å²) >= 11 is 0. The van der Waals surface area contributed by atoms with Crippen LogP contribution in [-0.4, -0.2) is 35.3 Å². The number of hydrogen-bond acceptors (Lipinski definition) is 4. The summed E-state index contributed by atoms with van der Waals surface area (Å²) in [6.07, 6.45) is 1.68. The van der Waals surface area contributed by atoms with Crippen LogP contribution < -0.4 is 5.32 Å². The van der Waals surface area contributed by atoms with E-state index in [-0.39, 0.29) is 12.6 Å². The van der Waals surface area contributed by atoms with Gasteiger partial charge in [-0.15, -0.1) is 0 Å². The first-order chi connectivity index (χ1) is 7.99. The van der Waals surface area contributed by atoms with E-state index in [1.807, 2.05) is 25.1 Å². The van der Waals surface area contributed by atoms with E-state index in [2.05, 4.69) is 10.3 Å². The summed E-state index contributed by atoms with van der Waals surface area (Å²) in [6, 6.07) is 5.39. The van der Waals surface area contributed by atoms with Crippen LogP contribution in [-0.2, 0) is 9.53 Å². The maximum Gasteiger partial charge on any atom is 0.326 e. The second-order valence-electron chi connectivity index (χ2n) is 4.19. The van der Waals surface area contributed by atoms with Gasteiger partial charge in [-0.25, -0.2) is 0 Å². The van der Waals surface area contributed by atoms with E-state index in [4.69, 9.17) is 4.74 Å². The highest BCUT2D eigenvalue weighted by atomic mass is 16.5. The summed E-state index contributed by atoms with van der Waals surface area (Å²) in [5.74, 6) is -0.942. The Morgan fingerprint density at radius 3 is 2.82 bits per heavy atom. The van der Waals surface area contributed by atoms with E-state index in [0.717, 1.165) is 5.69 Å². The lowest BCUT2D eigenvalue weighted by atomic mass is 10.0. The lowest BCUT2D eigenvalue weighted by Gasteiger charge is -2.29. The lowest BCUT2D eigenvalue weighted by molar-refractivity contribution is -0.146. The Kier molecular flexibility index (Phi) is 4.60. The van der Waals surface area contributed by atoms with Gasteiger partial charge in [-0.1, -0.05) is 6.07 Å². The molecule has 2 unspecified atom stereocenters. The minimum absolute atomic E-state index is 0.0967. The Morgan fingerprint density at radius 2 is 2.35 bits per heavy atom. The van der Waals surface area contributed by atoms with Crippen molar-refractivity contribution in [2.24, 2.45) is 0 Å². The molecular weight excluding hydrogens is 220 g/mol. The molecule has 0 saturated heterocycles. The molecule has 1 aromatic heterocycles. The molecule has 1 aromatic rings. The molecule has 17 heavy (non-hydrogen) atoms. The predicted molar refractivity (Wildman–Crippen MR) is 63.7 cm³/mol. The zero-order chi connectivity index (χ0) is 12.9. The van der Waals surface area contributed by atoms with Gasteiger partial charge < -0.3 is 9.84 Å². The minimum atomic E-state index is -1.12. The Morgan fingerprint density at radius 1 is 1.65 bits per heavy atom. The van der Waals surface area contributed by atoms with Crippen LogP contribution in [0.2, 0.25) is 0 Å². The third-order valence-electron chi connectivity index (χ3n) is 2.57. The summed E-state index contributed by atoms with van der Waals surface area (Å²) in [4.78, 5) is 15.4. The van der Waals surface area contributed by atoms with Crippen LogP contribution >= 0.6 is 0 Å². The van der Waals surface area contributed by atoms with Gasteiger partial charge >= 0.3 is 5.97 Å². The van der Waals surface area contributed by atoms with Gasteiger partial charge in [0.15, 0.2) is 0 Å². The predicted octanol–water partition coefficient (Wildman–Crippen LogP) is 1.22. The first kappa shape index (κ1) is 13.6. The van der Waals surface area contributed by atoms with Gasteiger partial charge in [0.05, 0.1) is 12.3 Å². The Balaban J connectivity index is 2.78. The number of aromatic nitrogens is 1. The van der Waals surface area contributed by atoms with Crippen LogP contribution in [0.15, 0.2) is 24.4 Å². The SMILES string of the molecule is COCC(C)(NC(C)c1ccccn1)C(=O)O. The molecule has 0 aliphatic rings. The van der Waals surface area contributed by atoms with Gasteiger partial charge in [0.25, 0.3) is 0 Å². The number of pyridine rings is 1. The van der Waals surface area contributed by atoms with Crippen molar-refractivity contribution in [1.82, 2.24) is 10.3 Å². The van der Waals surface area contributed by atoms with E-state index in [1.54, 1.807) is 13.1 Å². The Hall–Kier alpha value is -1.46. The summed E-state index contributed by atoms with van der Waals surface area (Å²) in [6.45, 7) is 3.57. The van der Waals surface area contributed by atoms with Crippen LogP contribution in [0.1, 0.15) is 25.6 Å². The van der Waals surface area contributed by atoms with Gasteiger partial charge in [0, 0.05) is 19.3 Å².